The Hall–Kier alpha value is -1.88. The fourth-order valence-corrected chi connectivity index (χ4v) is 3.65. The van der Waals surface area contributed by atoms with Gasteiger partial charge in [0.15, 0.2) is 0 Å². The van der Waals surface area contributed by atoms with Crippen LogP contribution in [0.3, 0.4) is 0 Å². The molecule has 122 valence electrons. The van der Waals surface area contributed by atoms with Gasteiger partial charge >= 0.3 is 0 Å². The first-order chi connectivity index (χ1) is 11.2. The third-order valence-electron chi connectivity index (χ3n) is 4.21. The highest BCUT2D eigenvalue weighted by Gasteiger charge is 2.24. The van der Waals surface area contributed by atoms with Crippen LogP contribution < -0.4 is 10.1 Å². The summed E-state index contributed by atoms with van der Waals surface area (Å²) < 4.78 is 6.05. The molecule has 23 heavy (non-hydrogen) atoms. The highest BCUT2D eigenvalue weighted by atomic mass is 32.1. The van der Waals surface area contributed by atoms with Gasteiger partial charge in [0.05, 0.1) is 18.2 Å². The quantitative estimate of drug-likeness (QED) is 0.913. The second-order valence-electron chi connectivity index (χ2n) is 6.00. The van der Waals surface area contributed by atoms with Gasteiger partial charge in [-0.3, -0.25) is 9.78 Å². The molecule has 2 aromatic heterocycles. The fourth-order valence-electron chi connectivity index (χ4n) is 2.95. The van der Waals surface area contributed by atoms with E-state index in [0.717, 1.165) is 42.0 Å². The maximum absolute atomic E-state index is 12.1. The van der Waals surface area contributed by atoms with E-state index in [9.17, 15) is 4.79 Å². The minimum Gasteiger partial charge on any atom is -0.489 e. The number of rotatable bonds is 5. The van der Waals surface area contributed by atoms with Crippen LogP contribution in [0.1, 0.15) is 36.3 Å². The zero-order chi connectivity index (χ0) is 16.1. The Kier molecular flexibility index (Phi) is 5.28. The van der Waals surface area contributed by atoms with Gasteiger partial charge < -0.3 is 10.1 Å². The number of thiophene rings is 1. The summed E-state index contributed by atoms with van der Waals surface area (Å²) in [7, 11) is 0. The van der Waals surface area contributed by atoms with E-state index in [1.54, 1.807) is 17.5 Å². The minimum atomic E-state index is 0.125. The number of carbonyl (C=O) groups is 1. The fraction of sp³-hybridized carbons (Fsp3) is 0.444. The largest absolute Gasteiger partial charge is 0.489 e. The van der Waals surface area contributed by atoms with Gasteiger partial charge in [0, 0.05) is 17.1 Å². The van der Waals surface area contributed by atoms with Crippen molar-refractivity contribution in [3.8, 4) is 5.75 Å². The van der Waals surface area contributed by atoms with Gasteiger partial charge in [0.25, 0.3) is 0 Å². The van der Waals surface area contributed by atoms with Gasteiger partial charge in [-0.2, -0.15) is 0 Å². The highest BCUT2D eigenvalue weighted by Crippen LogP contribution is 2.25. The summed E-state index contributed by atoms with van der Waals surface area (Å²) in [5.74, 6) is 0.998. The van der Waals surface area contributed by atoms with E-state index >= 15 is 0 Å². The molecule has 0 unspecified atom stereocenters. The number of hydrogen-bond donors (Lipinski definition) is 1. The van der Waals surface area contributed by atoms with Gasteiger partial charge in [-0.1, -0.05) is 6.07 Å². The van der Waals surface area contributed by atoms with Gasteiger partial charge in [-0.05, 0) is 56.2 Å². The molecule has 1 fully saturated rings. The molecule has 3 rings (SSSR count). The summed E-state index contributed by atoms with van der Waals surface area (Å²) in [6.45, 7) is 1.96. The maximum Gasteiger partial charge on any atom is 0.225 e. The van der Waals surface area contributed by atoms with Crippen LogP contribution in [0.25, 0.3) is 0 Å². The highest BCUT2D eigenvalue weighted by molar-refractivity contribution is 7.10. The number of carbonyl (C=O) groups excluding carboxylic acids is 1. The Morgan fingerprint density at radius 3 is 2.83 bits per heavy atom. The average molecular weight is 330 g/mol. The molecule has 0 aliphatic heterocycles. The van der Waals surface area contributed by atoms with Crippen molar-refractivity contribution in [2.75, 3.05) is 0 Å². The Morgan fingerprint density at radius 2 is 2.13 bits per heavy atom. The van der Waals surface area contributed by atoms with E-state index in [0.29, 0.717) is 6.42 Å². The predicted molar refractivity (Wildman–Crippen MR) is 91.8 cm³/mol. The van der Waals surface area contributed by atoms with Crippen LogP contribution in [0.2, 0.25) is 0 Å². The number of nitrogens with one attached hydrogen (secondary N) is 1. The Labute approximate surface area is 140 Å². The first-order valence-electron chi connectivity index (χ1n) is 8.11. The third kappa shape index (κ3) is 4.55. The first-order valence-corrected chi connectivity index (χ1v) is 8.98. The molecule has 1 N–H and O–H groups in total. The standard InChI is InChI=1S/C18H22N2O2S/c1-13-17(5-2-10-19-13)22-15-8-6-14(7-9-15)20-18(21)12-16-4-3-11-23-16/h2-5,10-11,14-15H,6-9,12H2,1H3,(H,20,21). The minimum absolute atomic E-state index is 0.125. The van der Waals surface area contributed by atoms with Gasteiger partial charge in [0.1, 0.15) is 5.75 Å². The molecule has 1 amide bonds. The lowest BCUT2D eigenvalue weighted by Gasteiger charge is -2.29. The molecule has 4 nitrogen and oxygen atoms in total. The molecule has 0 spiro atoms. The van der Waals surface area contributed by atoms with Crippen LogP contribution in [0, 0.1) is 6.92 Å². The van der Waals surface area contributed by atoms with E-state index in [1.165, 1.54) is 0 Å². The summed E-state index contributed by atoms with van der Waals surface area (Å²) in [4.78, 5) is 17.4. The Bertz CT molecular complexity index is 634. The van der Waals surface area contributed by atoms with Crippen LogP contribution in [-0.2, 0) is 11.2 Å². The molecule has 0 atom stereocenters. The maximum atomic E-state index is 12.1. The molecular weight excluding hydrogens is 308 g/mol. The summed E-state index contributed by atoms with van der Waals surface area (Å²) in [5, 5.41) is 5.16. The van der Waals surface area contributed by atoms with Crippen molar-refractivity contribution in [1.82, 2.24) is 10.3 Å². The van der Waals surface area contributed by atoms with E-state index in [4.69, 9.17) is 4.74 Å². The van der Waals surface area contributed by atoms with Gasteiger partial charge in [-0.25, -0.2) is 0 Å². The van der Waals surface area contributed by atoms with Crippen LogP contribution in [0.5, 0.6) is 5.75 Å². The second kappa shape index (κ2) is 7.59. The normalized spacial score (nSPS) is 20.9. The van der Waals surface area contributed by atoms with E-state index < -0.39 is 0 Å². The molecule has 5 heteroatoms. The van der Waals surface area contributed by atoms with Crippen LogP contribution >= 0.6 is 11.3 Å². The zero-order valence-electron chi connectivity index (χ0n) is 13.3. The lowest BCUT2D eigenvalue weighted by atomic mass is 9.92. The number of ether oxygens (including phenoxy) is 1. The second-order valence-corrected chi connectivity index (χ2v) is 7.03. The molecule has 1 saturated carbocycles. The zero-order valence-corrected chi connectivity index (χ0v) is 14.1. The molecule has 1 aliphatic carbocycles. The summed E-state index contributed by atoms with van der Waals surface area (Å²) in [5.41, 5.74) is 0.930. The molecule has 0 aromatic carbocycles. The summed E-state index contributed by atoms with van der Waals surface area (Å²) in [6.07, 6.45) is 6.38. The van der Waals surface area contributed by atoms with Crippen molar-refractivity contribution in [2.45, 2.75) is 51.2 Å². The number of aromatic nitrogens is 1. The van der Waals surface area contributed by atoms with Gasteiger partial charge in [0.2, 0.25) is 5.91 Å². The number of nitrogens with zero attached hydrogens (tertiary/aromatic N) is 1. The SMILES string of the molecule is Cc1ncccc1OC1CCC(NC(=O)Cc2cccs2)CC1. The van der Waals surface area contributed by atoms with Crippen molar-refractivity contribution < 1.29 is 9.53 Å². The number of amides is 1. The third-order valence-corrected chi connectivity index (χ3v) is 5.08. The average Bonchev–Trinajstić information content (AvgIpc) is 3.04. The number of aryl methyl sites for hydroxylation is 1. The monoisotopic (exact) mass is 330 g/mol. The summed E-state index contributed by atoms with van der Waals surface area (Å²) >= 11 is 1.63. The van der Waals surface area contributed by atoms with Crippen molar-refractivity contribution in [3.05, 3.63) is 46.4 Å². The van der Waals surface area contributed by atoms with E-state index in [1.807, 2.05) is 36.6 Å². The molecule has 0 bridgehead atoms. The van der Waals surface area contributed by atoms with Crippen molar-refractivity contribution in [3.63, 3.8) is 0 Å². The lowest BCUT2D eigenvalue weighted by Crippen LogP contribution is -2.40. The van der Waals surface area contributed by atoms with Crippen LogP contribution in [0.4, 0.5) is 0 Å². The first kappa shape index (κ1) is 16.0. The number of pyridine rings is 1. The predicted octanol–water partition coefficient (Wildman–Crippen LogP) is 3.50. The Balaban J connectivity index is 1.43. The Morgan fingerprint density at radius 1 is 1.30 bits per heavy atom. The topological polar surface area (TPSA) is 51.2 Å². The smallest absolute Gasteiger partial charge is 0.225 e. The van der Waals surface area contributed by atoms with Crippen molar-refractivity contribution in [2.24, 2.45) is 0 Å². The van der Waals surface area contributed by atoms with E-state index in [-0.39, 0.29) is 18.1 Å². The molecule has 1 aliphatic rings. The molecule has 0 radical (unpaired) electrons. The van der Waals surface area contributed by atoms with Crippen LogP contribution in [0.15, 0.2) is 35.8 Å². The van der Waals surface area contributed by atoms with E-state index in [2.05, 4.69) is 10.3 Å². The lowest BCUT2D eigenvalue weighted by molar-refractivity contribution is -0.121. The molecule has 2 aromatic rings. The van der Waals surface area contributed by atoms with Gasteiger partial charge in [-0.15, -0.1) is 11.3 Å². The molecular formula is C18H22N2O2S. The van der Waals surface area contributed by atoms with Crippen molar-refractivity contribution in [1.29, 1.82) is 0 Å². The van der Waals surface area contributed by atoms with Crippen molar-refractivity contribution >= 4 is 17.2 Å². The van der Waals surface area contributed by atoms with Crippen LogP contribution in [-0.4, -0.2) is 23.0 Å². The summed E-state index contributed by atoms with van der Waals surface area (Å²) in [6, 6.07) is 8.13. The molecule has 2 heterocycles. The molecule has 0 saturated heterocycles. The number of hydrogen-bond acceptors (Lipinski definition) is 4.